The van der Waals surface area contributed by atoms with E-state index in [1.54, 1.807) is 0 Å². The van der Waals surface area contributed by atoms with Crippen molar-refractivity contribution in [2.24, 2.45) is 0 Å². The van der Waals surface area contributed by atoms with Gasteiger partial charge in [0, 0.05) is 38.1 Å². The molecule has 2 N–H and O–H groups in total. The Labute approximate surface area is 170 Å². The standard InChI is InChI=1S/C17H20ClN3O8/c1-8(22)26-7-12-13(27-9(2)23)14(28-10(3)24)16(29-12)21-6-11(4-5-18)15(19)20-17(21)25/h4-6,12-14,16H,7H2,1-3H3,(H2,19,20,25)/b5-4+/t12-,13+,14-,16-/m1/s1. The van der Waals surface area contributed by atoms with Crippen LogP contribution in [-0.4, -0.2) is 52.4 Å². The molecule has 0 unspecified atom stereocenters. The molecular weight excluding hydrogens is 410 g/mol. The zero-order chi connectivity index (χ0) is 21.7. The number of halogens is 1. The van der Waals surface area contributed by atoms with Gasteiger partial charge in [-0.25, -0.2) is 4.79 Å². The first-order valence-corrected chi connectivity index (χ1v) is 8.86. The van der Waals surface area contributed by atoms with Crippen LogP contribution in [0.1, 0.15) is 32.6 Å². The highest BCUT2D eigenvalue weighted by molar-refractivity contribution is 6.27. The zero-order valence-electron chi connectivity index (χ0n) is 15.9. The summed E-state index contributed by atoms with van der Waals surface area (Å²) in [4.78, 5) is 50.5. The molecule has 158 valence electrons. The van der Waals surface area contributed by atoms with E-state index >= 15 is 0 Å². The number of hydrogen-bond donors (Lipinski definition) is 1. The van der Waals surface area contributed by atoms with Crippen molar-refractivity contribution in [2.45, 2.75) is 45.3 Å². The molecule has 11 nitrogen and oxygen atoms in total. The van der Waals surface area contributed by atoms with Crippen LogP contribution in [0.4, 0.5) is 5.82 Å². The monoisotopic (exact) mass is 429 g/mol. The number of nitrogen functional groups attached to an aromatic ring is 1. The molecule has 0 aromatic carbocycles. The summed E-state index contributed by atoms with van der Waals surface area (Å²) in [5.41, 5.74) is 6.38. The SMILES string of the molecule is CC(=O)OC[C@H]1O[C@@H](n2cc(/C=C/Cl)c(N)nc2=O)[C@H](OC(C)=O)[C@H]1OC(C)=O. The molecule has 12 heteroatoms. The van der Waals surface area contributed by atoms with Crippen molar-refractivity contribution in [3.05, 3.63) is 27.8 Å². The molecule has 0 amide bonds. The van der Waals surface area contributed by atoms with Crippen molar-refractivity contribution < 1.29 is 33.3 Å². The van der Waals surface area contributed by atoms with Gasteiger partial charge in [0.25, 0.3) is 0 Å². The van der Waals surface area contributed by atoms with Gasteiger partial charge in [0.2, 0.25) is 0 Å². The molecule has 0 radical (unpaired) electrons. The van der Waals surface area contributed by atoms with Crippen molar-refractivity contribution in [3.8, 4) is 0 Å². The summed E-state index contributed by atoms with van der Waals surface area (Å²) < 4.78 is 22.2. The fourth-order valence-corrected chi connectivity index (χ4v) is 2.93. The van der Waals surface area contributed by atoms with Crippen LogP contribution in [0, 0.1) is 0 Å². The number of ether oxygens (including phenoxy) is 4. The van der Waals surface area contributed by atoms with Crippen LogP contribution in [0.15, 0.2) is 16.5 Å². The number of rotatable bonds is 6. The largest absolute Gasteiger partial charge is 0.463 e. The third kappa shape index (κ3) is 5.55. The summed E-state index contributed by atoms with van der Waals surface area (Å²) in [6, 6.07) is 0. The molecule has 1 fully saturated rings. The van der Waals surface area contributed by atoms with Crippen LogP contribution < -0.4 is 11.4 Å². The van der Waals surface area contributed by atoms with E-state index in [-0.39, 0.29) is 12.4 Å². The third-order valence-corrected chi connectivity index (χ3v) is 3.99. The van der Waals surface area contributed by atoms with Crippen molar-refractivity contribution in [1.29, 1.82) is 0 Å². The molecule has 1 aromatic heterocycles. The maximum absolute atomic E-state index is 12.4. The number of nitrogens with zero attached hydrogens (tertiary/aromatic N) is 2. The minimum atomic E-state index is -1.23. The number of hydrogen-bond acceptors (Lipinski definition) is 10. The summed E-state index contributed by atoms with van der Waals surface area (Å²) in [5, 5.41) is 0. The second-order valence-corrected chi connectivity index (χ2v) is 6.33. The van der Waals surface area contributed by atoms with E-state index < -0.39 is 48.1 Å². The molecule has 2 rings (SSSR count). The van der Waals surface area contributed by atoms with E-state index in [9.17, 15) is 19.2 Å². The Morgan fingerprint density at radius 1 is 1.21 bits per heavy atom. The summed E-state index contributed by atoms with van der Waals surface area (Å²) in [7, 11) is 0. The molecule has 1 aliphatic heterocycles. The lowest BCUT2D eigenvalue weighted by molar-refractivity contribution is -0.166. The first-order chi connectivity index (χ1) is 13.6. The first-order valence-electron chi connectivity index (χ1n) is 8.42. The molecule has 0 aliphatic carbocycles. The van der Waals surface area contributed by atoms with Gasteiger partial charge in [-0.05, 0) is 6.08 Å². The Kier molecular flexibility index (Phi) is 7.35. The van der Waals surface area contributed by atoms with Gasteiger partial charge in [0.05, 0.1) is 0 Å². The minimum absolute atomic E-state index is 0.0711. The van der Waals surface area contributed by atoms with Gasteiger partial charge in [-0.3, -0.25) is 19.0 Å². The first kappa shape index (κ1) is 22.4. The Morgan fingerprint density at radius 3 is 2.38 bits per heavy atom. The van der Waals surface area contributed by atoms with Crippen LogP contribution >= 0.6 is 11.6 Å². The molecule has 2 heterocycles. The summed E-state index contributed by atoms with van der Waals surface area (Å²) >= 11 is 5.57. The number of carbonyl (C=O) groups excluding carboxylic acids is 3. The minimum Gasteiger partial charge on any atom is -0.463 e. The molecule has 0 bridgehead atoms. The fourth-order valence-electron chi connectivity index (χ4n) is 2.79. The van der Waals surface area contributed by atoms with Crippen LogP contribution in [0.25, 0.3) is 6.08 Å². The zero-order valence-corrected chi connectivity index (χ0v) is 16.6. The number of nitrogens with two attached hydrogens (primary N) is 1. The number of esters is 3. The second-order valence-electron chi connectivity index (χ2n) is 6.08. The van der Waals surface area contributed by atoms with Gasteiger partial charge >= 0.3 is 23.6 Å². The van der Waals surface area contributed by atoms with Gasteiger partial charge in [-0.2, -0.15) is 4.98 Å². The van der Waals surface area contributed by atoms with Crippen LogP contribution in [0.2, 0.25) is 0 Å². The second kappa shape index (κ2) is 9.52. The van der Waals surface area contributed by atoms with Crippen LogP contribution in [-0.2, 0) is 33.3 Å². The molecule has 29 heavy (non-hydrogen) atoms. The van der Waals surface area contributed by atoms with E-state index in [0.29, 0.717) is 5.56 Å². The highest BCUT2D eigenvalue weighted by Crippen LogP contribution is 2.34. The smallest absolute Gasteiger partial charge is 0.351 e. The summed E-state index contributed by atoms with van der Waals surface area (Å²) in [6.45, 7) is 3.19. The molecule has 0 saturated carbocycles. The average Bonchev–Trinajstić information content (AvgIpc) is 2.92. The van der Waals surface area contributed by atoms with Gasteiger partial charge in [0.1, 0.15) is 18.5 Å². The van der Waals surface area contributed by atoms with Gasteiger partial charge in [0.15, 0.2) is 18.4 Å². The summed E-state index contributed by atoms with van der Waals surface area (Å²) in [6.07, 6.45) is -1.88. The number of carbonyl (C=O) groups is 3. The van der Waals surface area contributed by atoms with Gasteiger partial charge in [-0.15, -0.1) is 0 Å². The molecule has 4 atom stereocenters. The van der Waals surface area contributed by atoms with Crippen LogP contribution in [0.5, 0.6) is 0 Å². The van der Waals surface area contributed by atoms with Crippen molar-refractivity contribution in [2.75, 3.05) is 12.3 Å². The predicted octanol–water partition coefficient (Wildman–Crippen LogP) is 0.359. The van der Waals surface area contributed by atoms with E-state index in [1.807, 2.05) is 0 Å². The van der Waals surface area contributed by atoms with Gasteiger partial charge < -0.3 is 24.7 Å². The Morgan fingerprint density at radius 2 is 1.83 bits per heavy atom. The highest BCUT2D eigenvalue weighted by atomic mass is 35.5. The molecule has 1 aromatic rings. The van der Waals surface area contributed by atoms with E-state index in [2.05, 4.69) is 4.98 Å². The Balaban J connectivity index is 2.51. The number of aromatic nitrogens is 2. The van der Waals surface area contributed by atoms with Crippen LogP contribution in [0.3, 0.4) is 0 Å². The molecule has 0 spiro atoms. The quantitative estimate of drug-likeness (QED) is 0.496. The van der Waals surface area contributed by atoms with Crippen molar-refractivity contribution in [3.63, 3.8) is 0 Å². The lowest BCUT2D eigenvalue weighted by Crippen LogP contribution is -2.42. The molecule has 1 saturated heterocycles. The van der Waals surface area contributed by atoms with Gasteiger partial charge in [-0.1, -0.05) is 11.6 Å². The predicted molar refractivity (Wildman–Crippen MR) is 99.4 cm³/mol. The average molecular weight is 430 g/mol. The van der Waals surface area contributed by atoms with E-state index in [1.165, 1.54) is 24.7 Å². The molecular formula is C17H20ClN3O8. The lowest BCUT2D eigenvalue weighted by atomic mass is 10.1. The number of anilines is 1. The van der Waals surface area contributed by atoms with Crippen molar-refractivity contribution >= 4 is 41.4 Å². The fraction of sp³-hybridized carbons (Fsp3) is 0.471. The normalized spacial score (nSPS) is 23.7. The van der Waals surface area contributed by atoms with E-state index in [4.69, 9.17) is 36.3 Å². The van der Waals surface area contributed by atoms with Crippen molar-refractivity contribution in [1.82, 2.24) is 9.55 Å². The molecule has 1 aliphatic rings. The lowest BCUT2D eigenvalue weighted by Gasteiger charge is -2.24. The Bertz CT molecular complexity index is 884. The summed E-state index contributed by atoms with van der Waals surface area (Å²) in [5.74, 6) is -2.05. The highest BCUT2D eigenvalue weighted by Gasteiger charge is 2.51. The van der Waals surface area contributed by atoms with E-state index in [0.717, 1.165) is 18.4 Å². The maximum atomic E-state index is 12.4. The third-order valence-electron chi connectivity index (χ3n) is 3.87. The Hall–Kier alpha value is -2.92. The maximum Gasteiger partial charge on any atom is 0.351 e. The topological polar surface area (TPSA) is 149 Å².